The van der Waals surface area contributed by atoms with Crippen molar-refractivity contribution < 1.29 is 24.2 Å². The summed E-state index contributed by atoms with van der Waals surface area (Å²) in [5, 5.41) is 8.41. The highest BCUT2D eigenvalue weighted by Gasteiger charge is 2.20. The molecule has 0 spiro atoms. The zero-order chi connectivity index (χ0) is 13.4. The third-order valence-corrected chi connectivity index (χ3v) is 1.96. The first-order chi connectivity index (χ1) is 7.88. The Labute approximate surface area is 101 Å². The summed E-state index contributed by atoms with van der Waals surface area (Å²) in [6.45, 7) is 7.32. The van der Waals surface area contributed by atoms with E-state index in [1.54, 1.807) is 19.9 Å². The van der Waals surface area contributed by atoms with E-state index in [4.69, 9.17) is 9.84 Å². The van der Waals surface area contributed by atoms with Gasteiger partial charge in [0.05, 0.1) is 19.8 Å². The number of carbonyl (C=O) groups is 2. The summed E-state index contributed by atoms with van der Waals surface area (Å²) in [7, 11) is 1.33. The normalized spacial score (nSPS) is 17.6. The van der Waals surface area contributed by atoms with Crippen LogP contribution in [-0.4, -0.2) is 36.9 Å². The highest BCUT2D eigenvalue weighted by molar-refractivity contribution is 5.86. The van der Waals surface area contributed by atoms with Crippen LogP contribution < -0.4 is 0 Å². The fourth-order valence-electron chi connectivity index (χ4n) is 0.774. The molecule has 0 amide bonds. The molecule has 1 unspecified atom stereocenters. The Morgan fingerprint density at radius 1 is 1.53 bits per heavy atom. The highest BCUT2D eigenvalue weighted by Crippen LogP contribution is 2.14. The van der Waals surface area contributed by atoms with Crippen LogP contribution in [0.5, 0.6) is 0 Å². The standard InChI is InChI=1S/C7H10O3.C5H8O2/c1-5(7(8)9)2-3-6-4-10-6;1-4(2)5(6)7-3/h2,6H,3-4H2,1H3,(H,8,9);1H2,2-3H3. The van der Waals surface area contributed by atoms with Gasteiger partial charge >= 0.3 is 11.9 Å². The quantitative estimate of drug-likeness (QED) is 0.459. The first-order valence-electron chi connectivity index (χ1n) is 5.14. The summed E-state index contributed by atoms with van der Waals surface area (Å²) < 4.78 is 9.17. The van der Waals surface area contributed by atoms with E-state index in [1.807, 2.05) is 0 Å². The van der Waals surface area contributed by atoms with Crippen molar-refractivity contribution in [3.63, 3.8) is 0 Å². The molecule has 0 radical (unpaired) electrons. The van der Waals surface area contributed by atoms with Gasteiger partial charge in [0, 0.05) is 11.1 Å². The van der Waals surface area contributed by atoms with Crippen LogP contribution in [0.2, 0.25) is 0 Å². The molecule has 5 nitrogen and oxygen atoms in total. The molecule has 1 aliphatic rings. The molecule has 0 aromatic carbocycles. The smallest absolute Gasteiger partial charge is 0.332 e. The zero-order valence-corrected chi connectivity index (χ0v) is 10.4. The molecular weight excluding hydrogens is 224 g/mol. The molecule has 0 saturated carbocycles. The fraction of sp³-hybridized carbons (Fsp3) is 0.500. The molecule has 96 valence electrons. The lowest BCUT2D eigenvalue weighted by Gasteiger charge is -1.91. The van der Waals surface area contributed by atoms with E-state index in [0.717, 1.165) is 13.0 Å². The van der Waals surface area contributed by atoms with Gasteiger partial charge in [-0.1, -0.05) is 12.7 Å². The third kappa shape index (κ3) is 8.21. The van der Waals surface area contributed by atoms with Crippen LogP contribution in [0.25, 0.3) is 0 Å². The van der Waals surface area contributed by atoms with E-state index in [1.165, 1.54) is 7.11 Å². The number of methoxy groups -OCH3 is 1. The maximum atomic E-state index is 10.2. The van der Waals surface area contributed by atoms with Gasteiger partial charge in [0.2, 0.25) is 0 Å². The van der Waals surface area contributed by atoms with E-state index < -0.39 is 5.97 Å². The molecular formula is C12H18O5. The first-order valence-corrected chi connectivity index (χ1v) is 5.14. The maximum Gasteiger partial charge on any atom is 0.332 e. The van der Waals surface area contributed by atoms with Crippen molar-refractivity contribution in [1.82, 2.24) is 0 Å². The summed E-state index contributed by atoms with van der Waals surface area (Å²) in [4.78, 5) is 20.4. The lowest BCUT2D eigenvalue weighted by Crippen LogP contribution is -1.98. The molecule has 1 aliphatic heterocycles. The number of aliphatic carboxylic acids is 1. The van der Waals surface area contributed by atoms with Gasteiger partial charge in [0.15, 0.2) is 0 Å². The van der Waals surface area contributed by atoms with Gasteiger partial charge in [-0.15, -0.1) is 0 Å². The number of rotatable bonds is 4. The minimum absolute atomic E-state index is 0.286. The monoisotopic (exact) mass is 242 g/mol. The third-order valence-electron chi connectivity index (χ3n) is 1.96. The van der Waals surface area contributed by atoms with Crippen molar-refractivity contribution in [3.05, 3.63) is 23.8 Å². The van der Waals surface area contributed by atoms with Gasteiger partial charge in [0.1, 0.15) is 0 Å². The fourth-order valence-corrected chi connectivity index (χ4v) is 0.774. The summed E-state index contributed by atoms with van der Waals surface area (Å²) in [5.41, 5.74) is 0.831. The maximum absolute atomic E-state index is 10.2. The number of carboxylic acid groups (broad SMARTS) is 1. The topological polar surface area (TPSA) is 76.1 Å². The number of esters is 1. The molecule has 0 aliphatic carbocycles. The zero-order valence-electron chi connectivity index (χ0n) is 10.4. The van der Waals surface area contributed by atoms with Crippen LogP contribution in [-0.2, 0) is 19.1 Å². The Morgan fingerprint density at radius 3 is 2.29 bits per heavy atom. The largest absolute Gasteiger partial charge is 0.478 e. The molecule has 0 aromatic heterocycles. The Morgan fingerprint density at radius 2 is 2.06 bits per heavy atom. The van der Waals surface area contributed by atoms with Crippen LogP contribution in [0.1, 0.15) is 20.3 Å². The molecule has 17 heavy (non-hydrogen) atoms. The van der Waals surface area contributed by atoms with Gasteiger partial charge < -0.3 is 14.6 Å². The van der Waals surface area contributed by atoms with E-state index in [9.17, 15) is 9.59 Å². The molecule has 1 N–H and O–H groups in total. The van der Waals surface area contributed by atoms with Gasteiger partial charge in [-0.25, -0.2) is 9.59 Å². The average molecular weight is 242 g/mol. The summed E-state index contributed by atoms with van der Waals surface area (Å²) in [5.74, 6) is -1.19. The Bertz CT molecular complexity index is 326. The number of carboxylic acids is 1. The van der Waals surface area contributed by atoms with Crippen molar-refractivity contribution >= 4 is 11.9 Å². The first kappa shape index (κ1) is 15.4. The van der Waals surface area contributed by atoms with Crippen LogP contribution >= 0.6 is 0 Å². The van der Waals surface area contributed by atoms with Gasteiger partial charge in [-0.3, -0.25) is 0 Å². The molecule has 1 rings (SSSR count). The molecule has 1 atom stereocenters. The number of hydrogen-bond acceptors (Lipinski definition) is 4. The highest BCUT2D eigenvalue weighted by atomic mass is 16.6. The second-order valence-corrected chi connectivity index (χ2v) is 3.66. The number of epoxide rings is 1. The van der Waals surface area contributed by atoms with Gasteiger partial charge in [-0.2, -0.15) is 0 Å². The van der Waals surface area contributed by atoms with E-state index in [2.05, 4.69) is 11.3 Å². The van der Waals surface area contributed by atoms with Crippen LogP contribution in [0.3, 0.4) is 0 Å². The summed E-state index contributed by atoms with van der Waals surface area (Å²) in [6, 6.07) is 0. The molecule has 1 heterocycles. The van der Waals surface area contributed by atoms with Gasteiger partial charge in [0.25, 0.3) is 0 Å². The number of hydrogen-bond donors (Lipinski definition) is 1. The number of carbonyl (C=O) groups excluding carboxylic acids is 1. The van der Waals surface area contributed by atoms with E-state index in [0.29, 0.717) is 11.1 Å². The Balaban J connectivity index is 0.000000325. The minimum atomic E-state index is -0.847. The van der Waals surface area contributed by atoms with Crippen LogP contribution in [0.4, 0.5) is 0 Å². The van der Waals surface area contributed by atoms with Crippen molar-refractivity contribution in [1.29, 1.82) is 0 Å². The molecule has 0 aromatic rings. The minimum Gasteiger partial charge on any atom is -0.478 e. The Kier molecular flexibility index (Phi) is 6.89. The molecule has 1 fully saturated rings. The summed E-state index contributed by atoms with van der Waals surface area (Å²) in [6.07, 6.45) is 2.72. The predicted molar refractivity (Wildman–Crippen MR) is 62.6 cm³/mol. The second-order valence-electron chi connectivity index (χ2n) is 3.66. The van der Waals surface area contributed by atoms with Gasteiger partial charge in [-0.05, 0) is 20.3 Å². The molecule has 1 saturated heterocycles. The van der Waals surface area contributed by atoms with Crippen LogP contribution in [0, 0.1) is 0 Å². The average Bonchev–Trinajstić information content (AvgIpc) is 3.09. The summed E-state index contributed by atoms with van der Waals surface area (Å²) >= 11 is 0. The molecule has 5 heteroatoms. The van der Waals surface area contributed by atoms with Crippen molar-refractivity contribution in [2.24, 2.45) is 0 Å². The van der Waals surface area contributed by atoms with E-state index >= 15 is 0 Å². The van der Waals surface area contributed by atoms with Crippen molar-refractivity contribution in [2.75, 3.05) is 13.7 Å². The second kappa shape index (κ2) is 7.62. The van der Waals surface area contributed by atoms with Crippen molar-refractivity contribution in [2.45, 2.75) is 26.4 Å². The SMILES string of the molecule is C=C(C)C(=O)OC.CC(=CCC1CO1)C(=O)O. The predicted octanol–water partition coefficient (Wildman–Crippen LogP) is 1.54. The lowest BCUT2D eigenvalue weighted by molar-refractivity contribution is -0.136. The Hall–Kier alpha value is -1.62. The van der Waals surface area contributed by atoms with Crippen molar-refractivity contribution in [3.8, 4) is 0 Å². The van der Waals surface area contributed by atoms with Crippen LogP contribution in [0.15, 0.2) is 23.8 Å². The lowest BCUT2D eigenvalue weighted by atomic mass is 10.2. The number of ether oxygens (including phenoxy) is 2. The van der Waals surface area contributed by atoms with E-state index in [-0.39, 0.29) is 12.1 Å². The molecule has 0 bridgehead atoms.